The first-order chi connectivity index (χ1) is 14.7. The van der Waals surface area contributed by atoms with Crippen molar-refractivity contribution in [2.45, 2.75) is 25.7 Å². The van der Waals surface area contributed by atoms with E-state index in [0.29, 0.717) is 22.2 Å². The molecule has 3 aromatic rings. The van der Waals surface area contributed by atoms with E-state index in [1.54, 1.807) is 35.8 Å². The van der Waals surface area contributed by atoms with Gasteiger partial charge in [0.05, 0.1) is 24.0 Å². The number of benzene rings is 1. The number of rotatable bonds is 6. The standard InChI is InChI=1S/C22H23N5O2S/c28-20(25-19-10-9-18(14-23-19)27-11-5-2-6-12-27)13-17-15-30-22(24-17)26-21(29)16-7-3-1-4-8-16/h1,3-4,7-10,14-15H,2,5-6,11-13H2,(H,23,25,28)(H,24,26,29). The predicted octanol–water partition coefficient (Wildman–Crippen LogP) is 3.96. The number of pyridine rings is 1. The first-order valence-corrected chi connectivity index (χ1v) is 10.9. The fourth-order valence-corrected chi connectivity index (χ4v) is 4.06. The van der Waals surface area contributed by atoms with E-state index in [-0.39, 0.29) is 18.2 Å². The number of hydrogen-bond acceptors (Lipinski definition) is 6. The summed E-state index contributed by atoms with van der Waals surface area (Å²) in [6.07, 6.45) is 5.63. The Labute approximate surface area is 179 Å². The molecule has 0 atom stereocenters. The van der Waals surface area contributed by atoms with Crippen molar-refractivity contribution >= 4 is 39.8 Å². The van der Waals surface area contributed by atoms with Crippen molar-refractivity contribution in [2.75, 3.05) is 28.6 Å². The van der Waals surface area contributed by atoms with Gasteiger partial charge in [0.15, 0.2) is 5.13 Å². The van der Waals surface area contributed by atoms with Gasteiger partial charge in [-0.2, -0.15) is 0 Å². The Morgan fingerprint density at radius 2 is 1.80 bits per heavy atom. The highest BCUT2D eigenvalue weighted by atomic mass is 32.1. The SMILES string of the molecule is O=C(Cc1csc(NC(=O)c2ccccc2)n1)Nc1ccc(N2CCCCC2)cn1. The number of amides is 2. The molecule has 0 aliphatic carbocycles. The first-order valence-electron chi connectivity index (χ1n) is 9.99. The van der Waals surface area contributed by atoms with Crippen molar-refractivity contribution in [1.82, 2.24) is 9.97 Å². The van der Waals surface area contributed by atoms with Gasteiger partial charge in [0.2, 0.25) is 5.91 Å². The van der Waals surface area contributed by atoms with Crippen LogP contribution < -0.4 is 15.5 Å². The number of piperidine rings is 1. The average Bonchev–Trinajstić information content (AvgIpc) is 3.22. The summed E-state index contributed by atoms with van der Waals surface area (Å²) < 4.78 is 0. The zero-order chi connectivity index (χ0) is 20.8. The van der Waals surface area contributed by atoms with Crippen molar-refractivity contribution in [1.29, 1.82) is 0 Å². The van der Waals surface area contributed by atoms with Crippen LogP contribution in [0, 0.1) is 0 Å². The Bertz CT molecular complexity index is 998. The van der Waals surface area contributed by atoms with Crippen LogP contribution in [-0.4, -0.2) is 34.9 Å². The van der Waals surface area contributed by atoms with E-state index in [4.69, 9.17) is 0 Å². The maximum atomic E-state index is 12.3. The predicted molar refractivity (Wildman–Crippen MR) is 119 cm³/mol. The molecule has 154 valence electrons. The minimum atomic E-state index is -0.223. The lowest BCUT2D eigenvalue weighted by Crippen LogP contribution is -2.29. The van der Waals surface area contributed by atoms with Crippen LogP contribution in [-0.2, 0) is 11.2 Å². The van der Waals surface area contributed by atoms with Crippen LogP contribution in [0.1, 0.15) is 35.3 Å². The third kappa shape index (κ3) is 5.21. The number of carbonyl (C=O) groups is 2. The second-order valence-corrected chi connectivity index (χ2v) is 8.00. The number of hydrogen-bond donors (Lipinski definition) is 2. The molecule has 2 amide bonds. The maximum Gasteiger partial charge on any atom is 0.257 e. The van der Waals surface area contributed by atoms with Crippen molar-refractivity contribution in [3.8, 4) is 0 Å². The molecular formula is C22H23N5O2S. The quantitative estimate of drug-likeness (QED) is 0.629. The molecule has 0 unspecified atom stereocenters. The summed E-state index contributed by atoms with van der Waals surface area (Å²) in [6.45, 7) is 2.11. The van der Waals surface area contributed by atoms with Crippen molar-refractivity contribution in [3.63, 3.8) is 0 Å². The Morgan fingerprint density at radius 3 is 2.53 bits per heavy atom. The van der Waals surface area contributed by atoms with Gasteiger partial charge in [0, 0.05) is 24.0 Å². The minimum absolute atomic E-state index is 0.118. The lowest BCUT2D eigenvalue weighted by molar-refractivity contribution is -0.115. The van der Waals surface area contributed by atoms with Gasteiger partial charge in [-0.05, 0) is 43.5 Å². The zero-order valence-electron chi connectivity index (χ0n) is 16.5. The third-order valence-electron chi connectivity index (χ3n) is 4.89. The second kappa shape index (κ2) is 9.49. The lowest BCUT2D eigenvalue weighted by atomic mass is 10.1. The van der Waals surface area contributed by atoms with E-state index in [2.05, 4.69) is 25.5 Å². The largest absolute Gasteiger partial charge is 0.370 e. The summed E-state index contributed by atoms with van der Waals surface area (Å²) >= 11 is 1.29. The second-order valence-electron chi connectivity index (χ2n) is 7.14. The number of thiazole rings is 1. The van der Waals surface area contributed by atoms with E-state index < -0.39 is 0 Å². The summed E-state index contributed by atoms with van der Waals surface area (Å²) in [7, 11) is 0. The molecule has 1 aromatic carbocycles. The molecule has 8 heteroatoms. The van der Waals surface area contributed by atoms with Crippen LogP contribution in [0.5, 0.6) is 0 Å². The van der Waals surface area contributed by atoms with Crippen LogP contribution in [0.3, 0.4) is 0 Å². The molecule has 3 heterocycles. The van der Waals surface area contributed by atoms with E-state index >= 15 is 0 Å². The summed E-state index contributed by atoms with van der Waals surface area (Å²) in [4.78, 5) is 35.5. The summed E-state index contributed by atoms with van der Waals surface area (Å²) in [6, 6.07) is 12.8. The summed E-state index contributed by atoms with van der Waals surface area (Å²) in [5, 5.41) is 7.80. The van der Waals surface area contributed by atoms with Gasteiger partial charge in [-0.1, -0.05) is 18.2 Å². The number of anilines is 3. The van der Waals surface area contributed by atoms with Gasteiger partial charge in [0.25, 0.3) is 5.91 Å². The molecule has 30 heavy (non-hydrogen) atoms. The molecule has 4 rings (SSSR count). The Kier molecular flexibility index (Phi) is 6.34. The van der Waals surface area contributed by atoms with Gasteiger partial charge in [0.1, 0.15) is 5.82 Å². The Hall–Kier alpha value is -3.26. The van der Waals surface area contributed by atoms with Crippen LogP contribution >= 0.6 is 11.3 Å². The van der Waals surface area contributed by atoms with Crippen LogP contribution in [0.15, 0.2) is 54.0 Å². The van der Waals surface area contributed by atoms with Gasteiger partial charge >= 0.3 is 0 Å². The zero-order valence-corrected chi connectivity index (χ0v) is 17.3. The monoisotopic (exact) mass is 421 g/mol. The highest BCUT2D eigenvalue weighted by Crippen LogP contribution is 2.20. The molecule has 1 aliphatic rings. The maximum absolute atomic E-state index is 12.3. The Morgan fingerprint density at radius 1 is 1.00 bits per heavy atom. The summed E-state index contributed by atoms with van der Waals surface area (Å²) in [5.74, 6) is 0.104. The minimum Gasteiger partial charge on any atom is -0.370 e. The fraction of sp³-hybridized carbons (Fsp3) is 0.273. The third-order valence-corrected chi connectivity index (χ3v) is 5.69. The molecule has 2 aromatic heterocycles. The van der Waals surface area contributed by atoms with Gasteiger partial charge in [-0.3, -0.25) is 14.9 Å². The van der Waals surface area contributed by atoms with E-state index in [0.717, 1.165) is 18.8 Å². The smallest absolute Gasteiger partial charge is 0.257 e. The normalized spacial score (nSPS) is 13.7. The van der Waals surface area contributed by atoms with Crippen LogP contribution in [0.25, 0.3) is 0 Å². The molecule has 2 N–H and O–H groups in total. The molecule has 0 radical (unpaired) electrons. The lowest BCUT2D eigenvalue weighted by Gasteiger charge is -2.28. The summed E-state index contributed by atoms with van der Waals surface area (Å²) in [5.41, 5.74) is 2.25. The van der Waals surface area contributed by atoms with E-state index in [1.165, 1.54) is 30.6 Å². The highest BCUT2D eigenvalue weighted by molar-refractivity contribution is 7.14. The average molecular weight is 422 g/mol. The molecule has 0 bridgehead atoms. The van der Waals surface area contributed by atoms with Crippen molar-refractivity contribution in [2.24, 2.45) is 0 Å². The number of nitrogens with one attached hydrogen (secondary N) is 2. The molecule has 0 spiro atoms. The molecule has 1 aliphatic heterocycles. The van der Waals surface area contributed by atoms with Crippen LogP contribution in [0.2, 0.25) is 0 Å². The fourth-order valence-electron chi connectivity index (χ4n) is 3.36. The number of carbonyl (C=O) groups excluding carboxylic acids is 2. The molecular weight excluding hydrogens is 398 g/mol. The molecule has 7 nitrogen and oxygen atoms in total. The van der Waals surface area contributed by atoms with Crippen LogP contribution in [0.4, 0.5) is 16.6 Å². The highest BCUT2D eigenvalue weighted by Gasteiger charge is 2.13. The Balaban J connectivity index is 1.29. The van der Waals surface area contributed by atoms with E-state index in [1.807, 2.05) is 18.2 Å². The van der Waals surface area contributed by atoms with Gasteiger partial charge in [-0.25, -0.2) is 9.97 Å². The molecule has 1 fully saturated rings. The van der Waals surface area contributed by atoms with Gasteiger partial charge in [-0.15, -0.1) is 11.3 Å². The molecule has 0 saturated carbocycles. The van der Waals surface area contributed by atoms with Crippen molar-refractivity contribution < 1.29 is 9.59 Å². The topological polar surface area (TPSA) is 87.2 Å². The van der Waals surface area contributed by atoms with E-state index in [9.17, 15) is 9.59 Å². The van der Waals surface area contributed by atoms with Crippen molar-refractivity contribution in [3.05, 3.63) is 65.3 Å². The number of aromatic nitrogens is 2. The number of nitrogens with zero attached hydrogens (tertiary/aromatic N) is 3. The van der Waals surface area contributed by atoms with Gasteiger partial charge < -0.3 is 10.2 Å². The first kappa shape index (κ1) is 20.0. The molecule has 1 saturated heterocycles.